The lowest BCUT2D eigenvalue weighted by Gasteiger charge is -2.05. The number of nitrogens with one attached hydrogen (secondary N) is 1. The molecule has 1 amide bonds. The minimum absolute atomic E-state index is 0.139. The zero-order valence-corrected chi connectivity index (χ0v) is 16.1. The van der Waals surface area contributed by atoms with Crippen LogP contribution in [0.2, 0.25) is 0 Å². The third-order valence-electron chi connectivity index (χ3n) is 4.55. The maximum absolute atomic E-state index is 12.6. The van der Waals surface area contributed by atoms with Crippen molar-refractivity contribution in [1.29, 1.82) is 0 Å². The van der Waals surface area contributed by atoms with Gasteiger partial charge in [-0.15, -0.1) is 0 Å². The van der Waals surface area contributed by atoms with Gasteiger partial charge in [-0.2, -0.15) is 0 Å². The van der Waals surface area contributed by atoms with Crippen LogP contribution in [0.1, 0.15) is 35.7 Å². The topological polar surface area (TPSA) is 42.0 Å². The number of aromatic nitrogens is 1. The molecule has 0 radical (unpaired) electrons. The Hall–Kier alpha value is -2.98. The Labute approximate surface area is 162 Å². The molecule has 3 nitrogen and oxygen atoms in total. The molecule has 1 aromatic heterocycles. The van der Waals surface area contributed by atoms with Crippen molar-refractivity contribution in [2.45, 2.75) is 19.8 Å². The average molecular weight is 372 g/mol. The van der Waals surface area contributed by atoms with Gasteiger partial charge in [0.05, 0.1) is 10.2 Å². The van der Waals surface area contributed by atoms with Crippen LogP contribution in [0.5, 0.6) is 0 Å². The van der Waals surface area contributed by atoms with Crippen molar-refractivity contribution in [3.8, 4) is 11.1 Å². The Morgan fingerprint density at radius 1 is 0.889 bits per heavy atom. The number of para-hydroxylation sites is 1. The average Bonchev–Trinajstić information content (AvgIpc) is 3.11. The number of rotatable bonds is 4. The van der Waals surface area contributed by atoms with Crippen LogP contribution in [0.4, 0.5) is 5.13 Å². The van der Waals surface area contributed by atoms with E-state index in [4.69, 9.17) is 0 Å². The Kier molecular flexibility index (Phi) is 4.73. The standard InChI is InChI=1S/C23H20N2OS/c1-15(2)19-9-6-10-20-21(19)24-23(27-20)25-22(26)18-13-11-17(12-14-18)16-7-4-3-5-8-16/h3-15H,1-2H3,(H,24,25,26). The van der Waals surface area contributed by atoms with E-state index in [0.717, 1.165) is 21.3 Å². The smallest absolute Gasteiger partial charge is 0.257 e. The lowest BCUT2D eigenvalue weighted by Crippen LogP contribution is -2.11. The number of hydrogen-bond acceptors (Lipinski definition) is 3. The van der Waals surface area contributed by atoms with Crippen LogP contribution in [-0.2, 0) is 0 Å². The zero-order valence-electron chi connectivity index (χ0n) is 15.3. The van der Waals surface area contributed by atoms with Crippen LogP contribution in [0.15, 0.2) is 72.8 Å². The van der Waals surface area contributed by atoms with Gasteiger partial charge < -0.3 is 0 Å². The largest absolute Gasteiger partial charge is 0.298 e. The van der Waals surface area contributed by atoms with E-state index in [1.807, 2.05) is 54.6 Å². The monoisotopic (exact) mass is 372 g/mol. The number of carbonyl (C=O) groups excluding carboxylic acids is 1. The first-order valence-electron chi connectivity index (χ1n) is 8.98. The molecule has 0 atom stereocenters. The summed E-state index contributed by atoms with van der Waals surface area (Å²) in [5, 5.41) is 3.58. The molecule has 0 aliphatic rings. The van der Waals surface area contributed by atoms with E-state index in [1.165, 1.54) is 16.9 Å². The van der Waals surface area contributed by atoms with Gasteiger partial charge in [-0.05, 0) is 40.8 Å². The van der Waals surface area contributed by atoms with Gasteiger partial charge in [0.15, 0.2) is 5.13 Å². The van der Waals surface area contributed by atoms with E-state index in [2.05, 4.69) is 42.3 Å². The SMILES string of the molecule is CC(C)c1cccc2sc(NC(=O)c3ccc(-c4ccccc4)cc3)nc12. The molecule has 1 heterocycles. The van der Waals surface area contributed by atoms with Gasteiger partial charge in [-0.3, -0.25) is 10.1 Å². The van der Waals surface area contributed by atoms with Crippen molar-refractivity contribution in [2.24, 2.45) is 0 Å². The lowest BCUT2D eigenvalue weighted by atomic mass is 10.0. The van der Waals surface area contributed by atoms with Crippen LogP contribution in [0, 0.1) is 0 Å². The molecule has 0 unspecified atom stereocenters. The van der Waals surface area contributed by atoms with Crippen LogP contribution in [0.3, 0.4) is 0 Å². The second kappa shape index (κ2) is 7.33. The molecule has 4 heteroatoms. The highest BCUT2D eigenvalue weighted by atomic mass is 32.1. The summed E-state index contributed by atoms with van der Waals surface area (Å²) in [6, 6.07) is 24.0. The normalized spacial score (nSPS) is 11.1. The summed E-state index contributed by atoms with van der Waals surface area (Å²) in [5.74, 6) is 0.254. The summed E-state index contributed by atoms with van der Waals surface area (Å²) in [4.78, 5) is 17.3. The molecule has 4 aromatic rings. The predicted molar refractivity (Wildman–Crippen MR) is 114 cm³/mol. The Morgan fingerprint density at radius 2 is 1.59 bits per heavy atom. The molecule has 0 bridgehead atoms. The van der Waals surface area contributed by atoms with Crippen molar-refractivity contribution >= 4 is 32.6 Å². The van der Waals surface area contributed by atoms with Crippen molar-refractivity contribution < 1.29 is 4.79 Å². The number of anilines is 1. The van der Waals surface area contributed by atoms with Crippen molar-refractivity contribution in [3.05, 3.63) is 83.9 Å². The molecule has 4 rings (SSSR count). The van der Waals surface area contributed by atoms with Gasteiger partial charge in [-0.25, -0.2) is 4.98 Å². The quantitative estimate of drug-likeness (QED) is 0.454. The molecule has 3 aromatic carbocycles. The van der Waals surface area contributed by atoms with Crippen LogP contribution < -0.4 is 5.32 Å². The third-order valence-corrected chi connectivity index (χ3v) is 5.48. The second-order valence-electron chi connectivity index (χ2n) is 6.77. The fourth-order valence-corrected chi connectivity index (χ4v) is 4.00. The van der Waals surface area contributed by atoms with E-state index in [0.29, 0.717) is 16.6 Å². The van der Waals surface area contributed by atoms with Gasteiger partial charge in [0.25, 0.3) is 5.91 Å². The summed E-state index contributed by atoms with van der Waals surface area (Å²) in [7, 11) is 0. The summed E-state index contributed by atoms with van der Waals surface area (Å²) in [6.07, 6.45) is 0. The van der Waals surface area contributed by atoms with Gasteiger partial charge >= 0.3 is 0 Å². The number of nitrogens with zero attached hydrogens (tertiary/aromatic N) is 1. The molecule has 0 aliphatic heterocycles. The predicted octanol–water partition coefficient (Wildman–Crippen LogP) is 6.34. The first kappa shape index (κ1) is 17.4. The first-order chi connectivity index (χ1) is 13.1. The van der Waals surface area contributed by atoms with Crippen LogP contribution >= 0.6 is 11.3 Å². The molecule has 134 valence electrons. The number of thiazole rings is 1. The first-order valence-corrected chi connectivity index (χ1v) is 9.80. The summed E-state index contributed by atoms with van der Waals surface area (Å²) < 4.78 is 1.09. The van der Waals surface area contributed by atoms with E-state index in [1.54, 1.807) is 0 Å². The molecule has 0 fully saturated rings. The van der Waals surface area contributed by atoms with E-state index < -0.39 is 0 Å². The van der Waals surface area contributed by atoms with Crippen LogP contribution in [0.25, 0.3) is 21.3 Å². The van der Waals surface area contributed by atoms with Crippen molar-refractivity contribution in [1.82, 2.24) is 4.98 Å². The molecule has 27 heavy (non-hydrogen) atoms. The zero-order chi connectivity index (χ0) is 18.8. The summed E-state index contributed by atoms with van der Waals surface area (Å²) in [5.41, 5.74) is 5.03. The molecule has 1 N–H and O–H groups in total. The van der Waals surface area contributed by atoms with Gasteiger partial charge in [-0.1, -0.05) is 79.8 Å². The van der Waals surface area contributed by atoms with Crippen LogP contribution in [-0.4, -0.2) is 10.9 Å². The number of benzene rings is 3. The number of amides is 1. The highest BCUT2D eigenvalue weighted by molar-refractivity contribution is 7.22. The minimum Gasteiger partial charge on any atom is -0.298 e. The molecule has 0 spiro atoms. The Morgan fingerprint density at radius 3 is 2.30 bits per heavy atom. The van der Waals surface area contributed by atoms with Crippen molar-refractivity contribution in [2.75, 3.05) is 5.32 Å². The fraction of sp³-hybridized carbons (Fsp3) is 0.130. The third kappa shape index (κ3) is 3.62. The molecule has 0 saturated carbocycles. The Balaban J connectivity index is 1.56. The van der Waals surface area contributed by atoms with Gasteiger partial charge in [0.1, 0.15) is 0 Å². The molecule has 0 aliphatic carbocycles. The van der Waals surface area contributed by atoms with E-state index in [9.17, 15) is 4.79 Å². The molecular formula is C23H20N2OS. The highest BCUT2D eigenvalue weighted by Crippen LogP contribution is 2.31. The van der Waals surface area contributed by atoms with Crippen molar-refractivity contribution in [3.63, 3.8) is 0 Å². The lowest BCUT2D eigenvalue weighted by molar-refractivity contribution is 0.102. The van der Waals surface area contributed by atoms with E-state index in [-0.39, 0.29) is 5.91 Å². The maximum Gasteiger partial charge on any atom is 0.257 e. The Bertz CT molecular complexity index is 1080. The summed E-state index contributed by atoms with van der Waals surface area (Å²) >= 11 is 1.51. The van der Waals surface area contributed by atoms with E-state index >= 15 is 0 Å². The number of fused-ring (bicyclic) bond motifs is 1. The minimum atomic E-state index is -0.139. The summed E-state index contributed by atoms with van der Waals surface area (Å²) in [6.45, 7) is 4.31. The van der Waals surface area contributed by atoms with Gasteiger partial charge in [0.2, 0.25) is 0 Å². The number of hydrogen-bond donors (Lipinski definition) is 1. The molecular weight excluding hydrogens is 352 g/mol. The molecule has 0 saturated heterocycles. The highest BCUT2D eigenvalue weighted by Gasteiger charge is 2.13. The second-order valence-corrected chi connectivity index (χ2v) is 7.80. The number of carbonyl (C=O) groups is 1. The fourth-order valence-electron chi connectivity index (χ4n) is 3.10. The maximum atomic E-state index is 12.6. The van der Waals surface area contributed by atoms with Gasteiger partial charge in [0, 0.05) is 5.56 Å².